The second-order valence-electron chi connectivity index (χ2n) is 3.39. The number of carbonyl (C=O) groups is 1. The molecule has 3 heteroatoms. The predicted octanol–water partition coefficient (Wildman–Crippen LogP) is 1.89. The van der Waals surface area contributed by atoms with Crippen molar-refractivity contribution in [2.75, 3.05) is 7.11 Å². The molecule has 0 bridgehead atoms. The fraction of sp³-hybridized carbons (Fsp3) is 0.364. The zero-order valence-electron chi connectivity index (χ0n) is 8.33. The maximum Gasteiger partial charge on any atom is 0.252 e. The van der Waals surface area contributed by atoms with Crippen LogP contribution in [0.15, 0.2) is 18.2 Å². The summed E-state index contributed by atoms with van der Waals surface area (Å²) in [6, 6.07) is 5.71. The first kappa shape index (κ1) is 9.06. The van der Waals surface area contributed by atoms with Crippen molar-refractivity contribution in [2.45, 2.75) is 19.4 Å². The average Bonchev–Trinajstić information content (AvgIpc) is 2.55. The van der Waals surface area contributed by atoms with Gasteiger partial charge in [0.1, 0.15) is 5.75 Å². The predicted molar refractivity (Wildman–Crippen MR) is 53.5 cm³/mol. The Labute approximate surface area is 83.1 Å². The minimum absolute atomic E-state index is 0.0227. The van der Waals surface area contributed by atoms with E-state index < -0.39 is 0 Å². The molecule has 1 atom stereocenters. The molecule has 1 aliphatic heterocycles. The number of hydrogen-bond donors (Lipinski definition) is 1. The van der Waals surface area contributed by atoms with Gasteiger partial charge in [-0.15, -0.1) is 0 Å². The van der Waals surface area contributed by atoms with Crippen molar-refractivity contribution in [3.63, 3.8) is 0 Å². The molecule has 0 aromatic heterocycles. The number of amides is 1. The maximum atomic E-state index is 11.5. The Morgan fingerprint density at radius 2 is 2.29 bits per heavy atom. The molecule has 0 fully saturated rings. The molecule has 2 rings (SSSR count). The van der Waals surface area contributed by atoms with E-state index in [2.05, 4.69) is 12.2 Å². The van der Waals surface area contributed by atoms with Crippen molar-refractivity contribution < 1.29 is 9.53 Å². The Bertz CT molecular complexity index is 374. The van der Waals surface area contributed by atoms with E-state index in [0.717, 1.165) is 23.3 Å². The molecule has 0 spiro atoms. The van der Waals surface area contributed by atoms with E-state index in [0.29, 0.717) is 0 Å². The minimum atomic E-state index is 0.0227. The molecule has 1 aromatic rings. The van der Waals surface area contributed by atoms with Crippen LogP contribution >= 0.6 is 0 Å². The molecule has 3 nitrogen and oxygen atoms in total. The van der Waals surface area contributed by atoms with E-state index in [-0.39, 0.29) is 11.9 Å². The van der Waals surface area contributed by atoms with Gasteiger partial charge in [0.2, 0.25) is 0 Å². The Morgan fingerprint density at radius 1 is 1.50 bits per heavy atom. The van der Waals surface area contributed by atoms with Gasteiger partial charge >= 0.3 is 0 Å². The zero-order chi connectivity index (χ0) is 10.1. The lowest BCUT2D eigenvalue weighted by atomic mass is 10.0. The first-order valence-corrected chi connectivity index (χ1v) is 4.75. The van der Waals surface area contributed by atoms with Crippen molar-refractivity contribution in [2.24, 2.45) is 0 Å². The molecule has 14 heavy (non-hydrogen) atoms. The summed E-state index contributed by atoms with van der Waals surface area (Å²) in [7, 11) is 1.63. The third-order valence-electron chi connectivity index (χ3n) is 2.59. The molecule has 1 aliphatic rings. The van der Waals surface area contributed by atoms with E-state index in [1.165, 1.54) is 0 Å². The van der Waals surface area contributed by atoms with Crippen LogP contribution in [0, 0.1) is 0 Å². The van der Waals surface area contributed by atoms with Gasteiger partial charge in [0.25, 0.3) is 5.91 Å². The van der Waals surface area contributed by atoms with Crippen molar-refractivity contribution in [3.05, 3.63) is 29.3 Å². The van der Waals surface area contributed by atoms with Gasteiger partial charge in [0, 0.05) is 5.56 Å². The summed E-state index contributed by atoms with van der Waals surface area (Å²) in [4.78, 5) is 11.5. The molecule has 1 heterocycles. The van der Waals surface area contributed by atoms with Crippen LogP contribution in [0.25, 0.3) is 0 Å². The quantitative estimate of drug-likeness (QED) is 0.775. The van der Waals surface area contributed by atoms with Crippen LogP contribution in [0.1, 0.15) is 35.3 Å². The van der Waals surface area contributed by atoms with Crippen LogP contribution in [-0.2, 0) is 0 Å². The molecule has 1 unspecified atom stereocenters. The van der Waals surface area contributed by atoms with E-state index in [9.17, 15) is 4.79 Å². The number of rotatable bonds is 2. The smallest absolute Gasteiger partial charge is 0.252 e. The SMILES string of the molecule is CCC1NC(=O)c2ccc(OC)cc21. The first-order chi connectivity index (χ1) is 6.76. The lowest BCUT2D eigenvalue weighted by Gasteiger charge is -2.08. The largest absolute Gasteiger partial charge is 0.497 e. The lowest BCUT2D eigenvalue weighted by Crippen LogP contribution is -2.17. The van der Waals surface area contributed by atoms with E-state index in [1.807, 2.05) is 18.2 Å². The highest BCUT2D eigenvalue weighted by Crippen LogP contribution is 2.30. The summed E-state index contributed by atoms with van der Waals surface area (Å²) in [5.41, 5.74) is 1.83. The topological polar surface area (TPSA) is 38.3 Å². The van der Waals surface area contributed by atoms with Gasteiger partial charge in [0.15, 0.2) is 0 Å². The van der Waals surface area contributed by atoms with Crippen molar-refractivity contribution in [3.8, 4) is 5.75 Å². The highest BCUT2D eigenvalue weighted by Gasteiger charge is 2.27. The van der Waals surface area contributed by atoms with Gasteiger partial charge in [-0.05, 0) is 30.2 Å². The fourth-order valence-electron chi connectivity index (χ4n) is 1.80. The summed E-state index contributed by atoms with van der Waals surface area (Å²) in [6.45, 7) is 2.06. The number of fused-ring (bicyclic) bond motifs is 1. The third kappa shape index (κ3) is 1.25. The second-order valence-corrected chi connectivity index (χ2v) is 3.39. The molecule has 1 amide bonds. The highest BCUT2D eigenvalue weighted by atomic mass is 16.5. The summed E-state index contributed by atoms with van der Waals surface area (Å²) in [6.07, 6.45) is 0.909. The summed E-state index contributed by atoms with van der Waals surface area (Å²) in [5, 5.41) is 2.93. The van der Waals surface area contributed by atoms with Gasteiger partial charge in [0.05, 0.1) is 13.2 Å². The van der Waals surface area contributed by atoms with Gasteiger partial charge in [-0.3, -0.25) is 4.79 Å². The van der Waals surface area contributed by atoms with Crippen LogP contribution in [0.2, 0.25) is 0 Å². The molecule has 0 saturated carbocycles. The van der Waals surface area contributed by atoms with Crippen molar-refractivity contribution >= 4 is 5.91 Å². The van der Waals surface area contributed by atoms with Gasteiger partial charge in [-0.1, -0.05) is 6.92 Å². The highest BCUT2D eigenvalue weighted by molar-refractivity contribution is 5.99. The number of ether oxygens (including phenoxy) is 1. The standard InChI is InChI=1S/C11H13NO2/c1-3-10-9-6-7(14-2)4-5-8(9)11(13)12-10/h4-6,10H,3H2,1-2H3,(H,12,13). The normalized spacial score (nSPS) is 19.0. The third-order valence-corrected chi connectivity index (χ3v) is 2.59. The minimum Gasteiger partial charge on any atom is -0.497 e. The van der Waals surface area contributed by atoms with E-state index in [1.54, 1.807) is 7.11 Å². The molecule has 0 saturated heterocycles. The maximum absolute atomic E-state index is 11.5. The zero-order valence-corrected chi connectivity index (χ0v) is 8.33. The second kappa shape index (κ2) is 3.33. The molecule has 0 radical (unpaired) electrons. The van der Waals surface area contributed by atoms with Gasteiger partial charge < -0.3 is 10.1 Å². The fourth-order valence-corrected chi connectivity index (χ4v) is 1.80. The Morgan fingerprint density at radius 3 is 2.93 bits per heavy atom. The van der Waals surface area contributed by atoms with Crippen molar-refractivity contribution in [1.29, 1.82) is 0 Å². The molecular weight excluding hydrogens is 178 g/mol. The summed E-state index contributed by atoms with van der Waals surface area (Å²) in [5.74, 6) is 0.827. The Hall–Kier alpha value is -1.51. The van der Waals surface area contributed by atoms with E-state index in [4.69, 9.17) is 4.74 Å². The van der Waals surface area contributed by atoms with Gasteiger partial charge in [-0.2, -0.15) is 0 Å². The van der Waals surface area contributed by atoms with Crippen LogP contribution in [0.4, 0.5) is 0 Å². The number of carbonyl (C=O) groups excluding carboxylic acids is 1. The number of hydrogen-bond acceptors (Lipinski definition) is 2. The number of benzene rings is 1. The first-order valence-electron chi connectivity index (χ1n) is 4.75. The van der Waals surface area contributed by atoms with Gasteiger partial charge in [-0.25, -0.2) is 0 Å². The Balaban J connectivity index is 2.47. The van der Waals surface area contributed by atoms with Crippen molar-refractivity contribution in [1.82, 2.24) is 5.32 Å². The molecule has 74 valence electrons. The number of nitrogens with one attached hydrogen (secondary N) is 1. The summed E-state index contributed by atoms with van der Waals surface area (Å²) >= 11 is 0. The molecule has 1 N–H and O–H groups in total. The molecule has 1 aromatic carbocycles. The monoisotopic (exact) mass is 191 g/mol. The summed E-state index contributed by atoms with van der Waals surface area (Å²) < 4.78 is 5.13. The number of methoxy groups -OCH3 is 1. The van der Waals surface area contributed by atoms with Crippen LogP contribution in [0.3, 0.4) is 0 Å². The molecular formula is C11H13NO2. The molecule has 0 aliphatic carbocycles. The Kier molecular flexibility index (Phi) is 2.15. The van der Waals surface area contributed by atoms with Crippen LogP contribution in [-0.4, -0.2) is 13.0 Å². The van der Waals surface area contributed by atoms with Crippen LogP contribution in [0.5, 0.6) is 5.75 Å². The average molecular weight is 191 g/mol. The van der Waals surface area contributed by atoms with Crippen LogP contribution < -0.4 is 10.1 Å². The lowest BCUT2D eigenvalue weighted by molar-refractivity contribution is 0.0955. The van der Waals surface area contributed by atoms with E-state index >= 15 is 0 Å².